The minimum absolute atomic E-state index is 0.145. The molecule has 0 amide bonds. The first-order valence-electron chi connectivity index (χ1n) is 7.83. The van der Waals surface area contributed by atoms with Crippen LogP contribution in [-0.2, 0) is 19.1 Å². The largest absolute Gasteiger partial charge is 0.416 e. The Hall–Kier alpha value is -1.88. The average molecular weight is 355 g/mol. The molecule has 2 nitrogen and oxygen atoms in total. The fraction of sp³-hybridized carbons (Fsp3) is 0.333. The lowest BCUT2D eigenvalue weighted by Crippen LogP contribution is -2.24. The number of aryl methyl sites for hydroxylation is 1. The Morgan fingerprint density at radius 1 is 1.08 bits per heavy atom. The Morgan fingerprint density at radius 2 is 1.88 bits per heavy atom. The minimum Gasteiger partial charge on any atom is -0.399 e. The van der Waals surface area contributed by atoms with Gasteiger partial charge in [0.2, 0.25) is 0 Å². The second-order valence-corrected chi connectivity index (χ2v) is 6.48. The second kappa shape index (κ2) is 6.55. The van der Waals surface area contributed by atoms with Gasteiger partial charge in [0.25, 0.3) is 0 Å². The van der Waals surface area contributed by atoms with Crippen LogP contribution < -0.4 is 10.6 Å². The van der Waals surface area contributed by atoms with Gasteiger partial charge >= 0.3 is 6.18 Å². The molecule has 24 heavy (non-hydrogen) atoms. The van der Waals surface area contributed by atoms with Crippen molar-refractivity contribution in [2.75, 3.05) is 17.2 Å². The number of hydrogen-bond donors (Lipinski definition) is 1. The van der Waals surface area contributed by atoms with E-state index in [0.717, 1.165) is 49.3 Å². The highest BCUT2D eigenvalue weighted by molar-refractivity contribution is 6.31. The lowest BCUT2D eigenvalue weighted by Gasteiger charge is -2.26. The summed E-state index contributed by atoms with van der Waals surface area (Å²) in [6.07, 6.45) is -1.34. The van der Waals surface area contributed by atoms with E-state index < -0.39 is 11.7 Å². The van der Waals surface area contributed by atoms with Crippen LogP contribution in [0, 0.1) is 0 Å². The van der Waals surface area contributed by atoms with Gasteiger partial charge in [0, 0.05) is 29.5 Å². The van der Waals surface area contributed by atoms with E-state index >= 15 is 0 Å². The lowest BCUT2D eigenvalue weighted by molar-refractivity contribution is -0.137. The van der Waals surface area contributed by atoms with Gasteiger partial charge in [0.1, 0.15) is 0 Å². The normalized spacial score (nSPS) is 15.1. The van der Waals surface area contributed by atoms with Crippen molar-refractivity contribution < 1.29 is 13.2 Å². The highest BCUT2D eigenvalue weighted by atomic mass is 35.5. The number of nitrogen functional groups attached to an aromatic ring is 1. The van der Waals surface area contributed by atoms with E-state index in [1.54, 1.807) is 0 Å². The molecule has 0 fully saturated rings. The van der Waals surface area contributed by atoms with Crippen LogP contribution in [0.2, 0.25) is 5.02 Å². The number of halogens is 4. The van der Waals surface area contributed by atoms with E-state index in [9.17, 15) is 13.2 Å². The zero-order valence-electron chi connectivity index (χ0n) is 13.0. The molecule has 0 saturated heterocycles. The first-order chi connectivity index (χ1) is 11.3. The van der Waals surface area contributed by atoms with Crippen LogP contribution in [0.5, 0.6) is 0 Å². The van der Waals surface area contributed by atoms with Gasteiger partial charge in [0.05, 0.1) is 5.56 Å². The Labute approximate surface area is 144 Å². The van der Waals surface area contributed by atoms with Crippen LogP contribution in [0.15, 0.2) is 36.4 Å². The predicted molar refractivity (Wildman–Crippen MR) is 91.3 cm³/mol. The van der Waals surface area contributed by atoms with Crippen molar-refractivity contribution in [1.82, 2.24) is 0 Å². The van der Waals surface area contributed by atoms with Crippen LogP contribution in [0.4, 0.5) is 24.5 Å². The van der Waals surface area contributed by atoms with Gasteiger partial charge in [-0.05, 0) is 60.7 Å². The zero-order chi connectivity index (χ0) is 17.3. The molecule has 0 aromatic heterocycles. The van der Waals surface area contributed by atoms with Crippen LogP contribution >= 0.6 is 11.6 Å². The molecule has 1 heterocycles. The van der Waals surface area contributed by atoms with Gasteiger partial charge in [-0.2, -0.15) is 13.2 Å². The summed E-state index contributed by atoms with van der Waals surface area (Å²) in [4.78, 5) is 2.16. The molecule has 0 saturated carbocycles. The molecular formula is C18H18ClF3N2. The molecule has 2 aromatic carbocycles. The first-order valence-corrected chi connectivity index (χ1v) is 8.21. The molecule has 0 unspecified atom stereocenters. The molecule has 0 radical (unpaired) electrons. The number of rotatable bonds is 2. The van der Waals surface area contributed by atoms with E-state index in [4.69, 9.17) is 17.3 Å². The van der Waals surface area contributed by atoms with Crippen molar-refractivity contribution >= 4 is 23.0 Å². The Kier molecular flexibility index (Phi) is 4.63. The van der Waals surface area contributed by atoms with Crippen molar-refractivity contribution in [3.63, 3.8) is 0 Å². The molecule has 2 N–H and O–H groups in total. The number of anilines is 2. The summed E-state index contributed by atoms with van der Waals surface area (Å²) in [7, 11) is 0. The van der Waals surface area contributed by atoms with E-state index in [1.807, 2.05) is 18.2 Å². The van der Waals surface area contributed by atoms with Gasteiger partial charge in [-0.1, -0.05) is 17.7 Å². The highest BCUT2D eigenvalue weighted by Crippen LogP contribution is 2.34. The van der Waals surface area contributed by atoms with Gasteiger partial charge in [0.15, 0.2) is 0 Å². The average Bonchev–Trinajstić information content (AvgIpc) is 2.70. The molecule has 2 aromatic rings. The summed E-state index contributed by atoms with van der Waals surface area (Å²) in [5.74, 6) is 0. The molecule has 128 valence electrons. The molecular weight excluding hydrogens is 337 g/mol. The first kappa shape index (κ1) is 17.0. The van der Waals surface area contributed by atoms with Crippen LogP contribution in [0.1, 0.15) is 29.5 Å². The minimum atomic E-state index is -4.38. The summed E-state index contributed by atoms with van der Waals surface area (Å²) in [6, 6.07) is 9.36. The summed E-state index contributed by atoms with van der Waals surface area (Å²) in [5.41, 5.74) is 8.82. The standard InChI is InChI=1S/C18H18ClF3N2/c19-16-10-14(18(20,21)22)5-4-13(16)11-24-8-2-1-3-12-9-15(23)6-7-17(12)24/h4-7,9-10H,1-3,8,11,23H2. The third kappa shape index (κ3) is 3.61. The second-order valence-electron chi connectivity index (χ2n) is 6.07. The molecule has 3 rings (SSSR count). The van der Waals surface area contributed by atoms with Gasteiger partial charge in [-0.3, -0.25) is 0 Å². The van der Waals surface area contributed by atoms with Crippen LogP contribution in [-0.4, -0.2) is 6.54 Å². The molecule has 0 spiro atoms. The summed E-state index contributed by atoms with van der Waals surface area (Å²) in [5, 5.41) is 0.145. The van der Waals surface area contributed by atoms with Crippen molar-refractivity contribution in [3.05, 3.63) is 58.1 Å². The molecule has 0 aliphatic carbocycles. The Morgan fingerprint density at radius 3 is 2.58 bits per heavy atom. The third-order valence-electron chi connectivity index (χ3n) is 4.31. The number of benzene rings is 2. The summed E-state index contributed by atoms with van der Waals surface area (Å²) in [6.45, 7) is 1.32. The topological polar surface area (TPSA) is 29.3 Å². The van der Waals surface area contributed by atoms with E-state index in [-0.39, 0.29) is 5.02 Å². The summed E-state index contributed by atoms with van der Waals surface area (Å²) >= 11 is 6.10. The predicted octanol–water partition coefficient (Wildman–Crippen LogP) is 5.28. The highest BCUT2D eigenvalue weighted by Gasteiger charge is 2.31. The number of alkyl halides is 3. The van der Waals surface area contributed by atoms with Crippen molar-refractivity contribution in [2.24, 2.45) is 0 Å². The molecule has 1 aliphatic rings. The van der Waals surface area contributed by atoms with Crippen molar-refractivity contribution in [3.8, 4) is 0 Å². The van der Waals surface area contributed by atoms with E-state index in [2.05, 4.69) is 4.90 Å². The van der Waals surface area contributed by atoms with Gasteiger partial charge in [-0.15, -0.1) is 0 Å². The fourth-order valence-electron chi connectivity index (χ4n) is 3.07. The fourth-order valence-corrected chi connectivity index (χ4v) is 3.31. The van der Waals surface area contributed by atoms with Crippen molar-refractivity contribution in [1.29, 1.82) is 0 Å². The van der Waals surface area contributed by atoms with E-state index in [1.165, 1.54) is 11.6 Å². The molecule has 0 bridgehead atoms. The number of hydrogen-bond acceptors (Lipinski definition) is 2. The SMILES string of the molecule is Nc1ccc2c(c1)CCCCN2Cc1ccc(C(F)(F)F)cc1Cl. The van der Waals surface area contributed by atoms with Crippen molar-refractivity contribution in [2.45, 2.75) is 32.0 Å². The third-order valence-corrected chi connectivity index (χ3v) is 4.66. The maximum atomic E-state index is 12.8. The van der Waals surface area contributed by atoms with Crippen LogP contribution in [0.25, 0.3) is 0 Å². The summed E-state index contributed by atoms with van der Waals surface area (Å²) < 4.78 is 38.3. The quantitative estimate of drug-likeness (QED) is 0.743. The monoisotopic (exact) mass is 354 g/mol. The molecule has 0 atom stereocenters. The Bertz CT molecular complexity index is 744. The smallest absolute Gasteiger partial charge is 0.399 e. The maximum Gasteiger partial charge on any atom is 0.416 e. The van der Waals surface area contributed by atoms with E-state index in [0.29, 0.717) is 12.1 Å². The van der Waals surface area contributed by atoms with Gasteiger partial charge < -0.3 is 10.6 Å². The number of nitrogens with zero attached hydrogens (tertiary/aromatic N) is 1. The zero-order valence-corrected chi connectivity index (χ0v) is 13.8. The van der Waals surface area contributed by atoms with Crippen LogP contribution in [0.3, 0.4) is 0 Å². The molecule has 6 heteroatoms. The maximum absolute atomic E-state index is 12.8. The lowest BCUT2D eigenvalue weighted by atomic mass is 10.1. The number of nitrogens with two attached hydrogens (primary N) is 1. The Balaban J connectivity index is 1.89. The number of fused-ring (bicyclic) bond motifs is 1. The van der Waals surface area contributed by atoms with Gasteiger partial charge in [-0.25, -0.2) is 0 Å². The molecule has 1 aliphatic heterocycles.